The van der Waals surface area contributed by atoms with E-state index in [1.807, 2.05) is 38.1 Å². The Hall–Kier alpha value is -1.75. The number of carbonyl (C=O) groups excluding carboxylic acids is 1. The van der Waals surface area contributed by atoms with Gasteiger partial charge in [-0.2, -0.15) is 5.10 Å². The van der Waals surface area contributed by atoms with Crippen molar-refractivity contribution in [3.8, 4) is 0 Å². The van der Waals surface area contributed by atoms with Crippen LogP contribution in [0.25, 0.3) is 0 Å². The van der Waals surface area contributed by atoms with Gasteiger partial charge in [-0.3, -0.25) is 0 Å². The van der Waals surface area contributed by atoms with E-state index >= 15 is 0 Å². The highest BCUT2D eigenvalue weighted by Gasteiger charge is 2.34. The lowest BCUT2D eigenvalue weighted by Gasteiger charge is -2.25. The SMILES string of the molecule is COC(=O)C1c2ccccc2Sc2c(C)c(C)nn21. The summed E-state index contributed by atoms with van der Waals surface area (Å²) in [5.74, 6) is -0.281. The summed E-state index contributed by atoms with van der Waals surface area (Å²) in [4.78, 5) is 13.2. The van der Waals surface area contributed by atoms with Crippen LogP contribution in [0.5, 0.6) is 0 Å². The zero-order valence-corrected chi connectivity index (χ0v) is 11.8. The largest absolute Gasteiger partial charge is 0.467 e. The van der Waals surface area contributed by atoms with Gasteiger partial charge >= 0.3 is 5.97 Å². The van der Waals surface area contributed by atoms with E-state index in [4.69, 9.17) is 4.74 Å². The van der Waals surface area contributed by atoms with Gasteiger partial charge in [0, 0.05) is 16.0 Å². The van der Waals surface area contributed by atoms with Crippen molar-refractivity contribution >= 4 is 17.7 Å². The average molecular weight is 274 g/mol. The maximum atomic E-state index is 12.1. The number of hydrogen-bond donors (Lipinski definition) is 0. The first kappa shape index (κ1) is 12.3. The summed E-state index contributed by atoms with van der Waals surface area (Å²) in [6.45, 7) is 3.99. The minimum Gasteiger partial charge on any atom is -0.467 e. The predicted octanol–water partition coefficient (Wildman–Crippen LogP) is 2.73. The topological polar surface area (TPSA) is 44.1 Å². The number of aryl methyl sites for hydroxylation is 1. The lowest BCUT2D eigenvalue weighted by Crippen LogP contribution is -2.26. The number of methoxy groups -OCH3 is 1. The van der Waals surface area contributed by atoms with Crippen molar-refractivity contribution in [2.24, 2.45) is 0 Å². The van der Waals surface area contributed by atoms with Gasteiger partial charge in [0.1, 0.15) is 5.03 Å². The summed E-state index contributed by atoms with van der Waals surface area (Å²) < 4.78 is 6.72. The van der Waals surface area contributed by atoms with Crippen molar-refractivity contribution in [1.29, 1.82) is 0 Å². The molecule has 0 saturated carbocycles. The highest BCUT2D eigenvalue weighted by molar-refractivity contribution is 7.99. The Kier molecular flexibility index (Phi) is 2.86. The number of esters is 1. The van der Waals surface area contributed by atoms with Crippen molar-refractivity contribution in [3.63, 3.8) is 0 Å². The van der Waals surface area contributed by atoms with Crippen LogP contribution in [0, 0.1) is 13.8 Å². The molecule has 3 rings (SSSR count). The summed E-state index contributed by atoms with van der Waals surface area (Å²) in [7, 11) is 1.41. The molecule has 0 spiro atoms. The molecule has 0 radical (unpaired) electrons. The summed E-state index contributed by atoms with van der Waals surface area (Å²) >= 11 is 1.65. The molecule has 1 aliphatic heterocycles. The standard InChI is InChI=1S/C14H14N2O2S/c1-8-9(2)15-16-12(14(17)18-3)10-6-4-5-7-11(10)19-13(8)16/h4-7,12H,1-3H3. The number of nitrogens with zero attached hydrogens (tertiary/aromatic N) is 2. The van der Waals surface area contributed by atoms with Crippen LogP contribution in [0.15, 0.2) is 34.2 Å². The summed E-state index contributed by atoms with van der Waals surface area (Å²) in [5.41, 5.74) is 3.02. The number of carbonyl (C=O) groups is 1. The van der Waals surface area contributed by atoms with Crippen LogP contribution in [0.2, 0.25) is 0 Å². The molecule has 0 bridgehead atoms. The van der Waals surface area contributed by atoms with Gasteiger partial charge < -0.3 is 4.74 Å². The molecule has 0 amide bonds. The predicted molar refractivity (Wildman–Crippen MR) is 72.4 cm³/mol. The highest BCUT2D eigenvalue weighted by atomic mass is 32.2. The van der Waals surface area contributed by atoms with Gasteiger partial charge in [-0.05, 0) is 19.9 Å². The fourth-order valence-corrected chi connectivity index (χ4v) is 3.47. The van der Waals surface area contributed by atoms with E-state index in [0.29, 0.717) is 0 Å². The first-order chi connectivity index (χ1) is 9.13. The van der Waals surface area contributed by atoms with E-state index < -0.39 is 6.04 Å². The third kappa shape index (κ3) is 1.76. The number of aromatic nitrogens is 2. The number of rotatable bonds is 1. The van der Waals surface area contributed by atoms with Gasteiger partial charge in [-0.15, -0.1) is 0 Å². The van der Waals surface area contributed by atoms with E-state index in [0.717, 1.165) is 26.7 Å². The number of ether oxygens (including phenoxy) is 1. The second-order valence-electron chi connectivity index (χ2n) is 4.53. The quantitative estimate of drug-likeness (QED) is 0.750. The van der Waals surface area contributed by atoms with Crippen LogP contribution in [0.4, 0.5) is 0 Å². The second kappa shape index (κ2) is 4.42. The molecule has 0 fully saturated rings. The molecule has 5 heteroatoms. The zero-order valence-electron chi connectivity index (χ0n) is 11.0. The van der Waals surface area contributed by atoms with Gasteiger partial charge in [0.25, 0.3) is 0 Å². The van der Waals surface area contributed by atoms with Crippen LogP contribution in [-0.4, -0.2) is 22.9 Å². The maximum absolute atomic E-state index is 12.1. The monoisotopic (exact) mass is 274 g/mol. The molecule has 1 atom stereocenters. The van der Waals surface area contributed by atoms with Crippen LogP contribution >= 0.6 is 11.8 Å². The molecule has 0 N–H and O–H groups in total. The van der Waals surface area contributed by atoms with Crippen molar-refractivity contribution in [2.75, 3.05) is 7.11 Å². The molecule has 2 heterocycles. The normalized spacial score (nSPS) is 16.7. The molecule has 0 aliphatic carbocycles. The Bertz CT molecular complexity index is 663. The van der Waals surface area contributed by atoms with Gasteiger partial charge in [-0.1, -0.05) is 30.0 Å². The fourth-order valence-electron chi connectivity index (χ4n) is 2.28. The molecule has 98 valence electrons. The van der Waals surface area contributed by atoms with Gasteiger partial charge in [0.15, 0.2) is 6.04 Å². The van der Waals surface area contributed by atoms with E-state index in [1.54, 1.807) is 16.4 Å². The Labute approximate surface area is 115 Å². The minimum atomic E-state index is -0.482. The number of hydrogen-bond acceptors (Lipinski definition) is 4. The molecule has 1 aromatic carbocycles. The molecule has 2 aromatic rings. The first-order valence-electron chi connectivity index (χ1n) is 6.03. The molecule has 1 aromatic heterocycles. The smallest absolute Gasteiger partial charge is 0.335 e. The number of benzene rings is 1. The van der Waals surface area contributed by atoms with Crippen molar-refractivity contribution in [1.82, 2.24) is 9.78 Å². The number of fused-ring (bicyclic) bond motifs is 2. The van der Waals surface area contributed by atoms with Crippen LogP contribution in [0.1, 0.15) is 22.9 Å². The zero-order chi connectivity index (χ0) is 13.6. The van der Waals surface area contributed by atoms with E-state index in [1.165, 1.54) is 7.11 Å². The summed E-state index contributed by atoms with van der Waals surface area (Å²) in [5, 5.41) is 5.52. The average Bonchev–Trinajstić information content (AvgIpc) is 2.71. The molecule has 0 saturated heterocycles. The van der Waals surface area contributed by atoms with E-state index in [2.05, 4.69) is 5.10 Å². The fraction of sp³-hybridized carbons (Fsp3) is 0.286. The summed E-state index contributed by atoms with van der Waals surface area (Å²) in [6, 6.07) is 7.42. The third-order valence-corrected chi connectivity index (χ3v) is 4.70. The lowest BCUT2D eigenvalue weighted by molar-refractivity contribution is -0.143. The maximum Gasteiger partial charge on any atom is 0.335 e. The Balaban J connectivity index is 2.24. The summed E-state index contributed by atoms with van der Waals surface area (Å²) in [6.07, 6.45) is 0. The van der Waals surface area contributed by atoms with Gasteiger partial charge in [-0.25, -0.2) is 9.48 Å². The minimum absolute atomic E-state index is 0.281. The molecule has 1 unspecified atom stereocenters. The highest BCUT2D eigenvalue weighted by Crippen LogP contribution is 2.43. The van der Waals surface area contributed by atoms with Crippen LogP contribution in [-0.2, 0) is 9.53 Å². The van der Waals surface area contributed by atoms with Crippen LogP contribution < -0.4 is 0 Å². The van der Waals surface area contributed by atoms with Crippen molar-refractivity contribution < 1.29 is 9.53 Å². The first-order valence-corrected chi connectivity index (χ1v) is 6.85. The van der Waals surface area contributed by atoms with Crippen LogP contribution in [0.3, 0.4) is 0 Å². The van der Waals surface area contributed by atoms with Gasteiger partial charge in [0.2, 0.25) is 0 Å². The third-order valence-electron chi connectivity index (χ3n) is 3.42. The second-order valence-corrected chi connectivity index (χ2v) is 5.56. The molecule has 1 aliphatic rings. The Morgan fingerprint density at radius 2 is 2.11 bits per heavy atom. The molecule has 4 nitrogen and oxygen atoms in total. The molecule has 19 heavy (non-hydrogen) atoms. The van der Waals surface area contributed by atoms with Crippen molar-refractivity contribution in [2.45, 2.75) is 29.8 Å². The Morgan fingerprint density at radius 3 is 2.84 bits per heavy atom. The van der Waals surface area contributed by atoms with E-state index in [9.17, 15) is 4.79 Å². The van der Waals surface area contributed by atoms with Gasteiger partial charge in [0.05, 0.1) is 12.8 Å². The van der Waals surface area contributed by atoms with Crippen molar-refractivity contribution in [3.05, 3.63) is 41.1 Å². The van der Waals surface area contributed by atoms with E-state index in [-0.39, 0.29) is 5.97 Å². The molecular formula is C14H14N2O2S. The molecular weight excluding hydrogens is 260 g/mol. The lowest BCUT2D eigenvalue weighted by atomic mass is 10.1. The Morgan fingerprint density at radius 1 is 1.37 bits per heavy atom.